The summed E-state index contributed by atoms with van der Waals surface area (Å²) in [5.74, 6) is 1.57. The second-order valence-electron chi connectivity index (χ2n) is 5.70. The van der Waals surface area contributed by atoms with E-state index >= 15 is 0 Å². The number of amides is 1. The molecule has 0 radical (unpaired) electrons. The number of aromatic amines is 1. The van der Waals surface area contributed by atoms with E-state index in [0.717, 1.165) is 11.3 Å². The van der Waals surface area contributed by atoms with Crippen LogP contribution in [0.3, 0.4) is 0 Å². The molecule has 0 aliphatic carbocycles. The molecule has 6 heteroatoms. The zero-order valence-corrected chi connectivity index (χ0v) is 14.2. The quantitative estimate of drug-likeness (QED) is 0.889. The first kappa shape index (κ1) is 16.9. The maximum Gasteiger partial charge on any atom is 0.274 e. The number of hydrogen-bond acceptors (Lipinski definition) is 4. The van der Waals surface area contributed by atoms with E-state index < -0.39 is 0 Å². The molecule has 0 unspecified atom stereocenters. The van der Waals surface area contributed by atoms with Crippen molar-refractivity contribution in [1.82, 2.24) is 15.1 Å². The summed E-state index contributed by atoms with van der Waals surface area (Å²) in [5.41, 5.74) is 2.27. The number of nitrogens with zero attached hydrogens (tertiary/aromatic N) is 2. The van der Waals surface area contributed by atoms with Gasteiger partial charge in [-0.3, -0.25) is 9.89 Å². The highest BCUT2D eigenvalue weighted by atomic mass is 16.5. The molecule has 1 N–H and O–H groups in total. The monoisotopic (exact) mass is 317 g/mol. The summed E-state index contributed by atoms with van der Waals surface area (Å²) in [6.07, 6.45) is 0. The number of rotatable bonds is 6. The lowest BCUT2D eigenvalue weighted by atomic mass is 10.1. The Balaban J connectivity index is 2.14. The molecule has 0 aliphatic rings. The Hall–Kier alpha value is -2.50. The number of H-pyrrole nitrogens is 1. The SMILES string of the molecule is COc1ccc(CN(C)C(=O)c2cc(C(C)C)[nH]n2)c(OC)c1. The third kappa shape index (κ3) is 3.83. The number of carbonyl (C=O) groups is 1. The van der Waals surface area contributed by atoms with Crippen LogP contribution in [0.15, 0.2) is 24.3 Å². The molecule has 0 atom stereocenters. The Morgan fingerprint density at radius 3 is 2.57 bits per heavy atom. The summed E-state index contributed by atoms with van der Waals surface area (Å²) in [4.78, 5) is 14.1. The Bertz CT molecular complexity index is 679. The van der Waals surface area contributed by atoms with E-state index in [1.54, 1.807) is 38.3 Å². The fraction of sp³-hybridized carbons (Fsp3) is 0.412. The van der Waals surface area contributed by atoms with E-state index in [4.69, 9.17) is 9.47 Å². The second-order valence-corrected chi connectivity index (χ2v) is 5.70. The topological polar surface area (TPSA) is 67.5 Å². The highest BCUT2D eigenvalue weighted by Gasteiger charge is 2.18. The van der Waals surface area contributed by atoms with Crippen LogP contribution in [0.25, 0.3) is 0 Å². The first-order valence-electron chi connectivity index (χ1n) is 7.48. The van der Waals surface area contributed by atoms with Crippen LogP contribution in [0, 0.1) is 0 Å². The molecule has 1 aromatic carbocycles. The first-order valence-corrected chi connectivity index (χ1v) is 7.48. The van der Waals surface area contributed by atoms with Crippen LogP contribution in [-0.4, -0.2) is 42.3 Å². The number of benzene rings is 1. The first-order chi connectivity index (χ1) is 11.0. The molecule has 0 bridgehead atoms. The fourth-order valence-electron chi connectivity index (χ4n) is 2.25. The lowest BCUT2D eigenvalue weighted by Crippen LogP contribution is -2.26. The molecule has 6 nitrogen and oxygen atoms in total. The van der Waals surface area contributed by atoms with Gasteiger partial charge in [-0.25, -0.2) is 0 Å². The molecule has 0 saturated heterocycles. The van der Waals surface area contributed by atoms with E-state index in [9.17, 15) is 4.79 Å². The lowest BCUT2D eigenvalue weighted by molar-refractivity contribution is 0.0778. The Morgan fingerprint density at radius 2 is 2.00 bits per heavy atom. The van der Waals surface area contributed by atoms with Gasteiger partial charge in [-0.05, 0) is 24.1 Å². The van der Waals surface area contributed by atoms with Crippen LogP contribution in [0.5, 0.6) is 11.5 Å². The van der Waals surface area contributed by atoms with Crippen molar-refractivity contribution in [3.63, 3.8) is 0 Å². The summed E-state index contributed by atoms with van der Waals surface area (Å²) >= 11 is 0. The van der Waals surface area contributed by atoms with E-state index in [1.165, 1.54) is 0 Å². The van der Waals surface area contributed by atoms with Gasteiger partial charge in [0.05, 0.1) is 14.2 Å². The largest absolute Gasteiger partial charge is 0.497 e. The average Bonchev–Trinajstić information content (AvgIpc) is 3.04. The van der Waals surface area contributed by atoms with Gasteiger partial charge in [0.2, 0.25) is 0 Å². The number of hydrogen-bond donors (Lipinski definition) is 1. The molecule has 2 rings (SSSR count). The maximum atomic E-state index is 12.5. The van der Waals surface area contributed by atoms with Crippen LogP contribution in [0.2, 0.25) is 0 Å². The van der Waals surface area contributed by atoms with Gasteiger partial charge in [0.15, 0.2) is 0 Å². The van der Waals surface area contributed by atoms with Crippen LogP contribution >= 0.6 is 0 Å². The molecule has 0 fully saturated rings. The van der Waals surface area contributed by atoms with E-state index in [2.05, 4.69) is 10.2 Å². The maximum absolute atomic E-state index is 12.5. The standard InChI is InChI=1S/C17H23N3O3/c1-11(2)14-9-15(19-18-14)17(21)20(3)10-12-6-7-13(22-4)8-16(12)23-5/h6-9,11H,10H2,1-5H3,(H,18,19). The van der Waals surface area contributed by atoms with E-state index in [0.29, 0.717) is 29.7 Å². The normalized spacial score (nSPS) is 10.7. The van der Waals surface area contributed by atoms with Crippen LogP contribution in [0.1, 0.15) is 41.5 Å². The van der Waals surface area contributed by atoms with Gasteiger partial charge in [-0.1, -0.05) is 13.8 Å². The molecular weight excluding hydrogens is 294 g/mol. The minimum Gasteiger partial charge on any atom is -0.497 e. The average molecular weight is 317 g/mol. The molecular formula is C17H23N3O3. The van der Waals surface area contributed by atoms with Crippen molar-refractivity contribution in [2.75, 3.05) is 21.3 Å². The lowest BCUT2D eigenvalue weighted by Gasteiger charge is -2.18. The summed E-state index contributed by atoms with van der Waals surface area (Å²) in [6, 6.07) is 7.35. The Morgan fingerprint density at radius 1 is 1.26 bits per heavy atom. The zero-order chi connectivity index (χ0) is 17.0. The van der Waals surface area contributed by atoms with Crippen LogP contribution in [0.4, 0.5) is 0 Å². The predicted molar refractivity (Wildman–Crippen MR) is 88.0 cm³/mol. The van der Waals surface area contributed by atoms with Crippen molar-refractivity contribution in [1.29, 1.82) is 0 Å². The molecule has 2 aromatic rings. The van der Waals surface area contributed by atoms with Gasteiger partial charge in [0.25, 0.3) is 5.91 Å². The van der Waals surface area contributed by atoms with Gasteiger partial charge in [0.1, 0.15) is 17.2 Å². The summed E-state index contributed by atoms with van der Waals surface area (Å²) in [6.45, 7) is 4.53. The van der Waals surface area contributed by atoms with Crippen LogP contribution < -0.4 is 9.47 Å². The van der Waals surface area contributed by atoms with Crippen molar-refractivity contribution >= 4 is 5.91 Å². The van der Waals surface area contributed by atoms with E-state index in [-0.39, 0.29) is 5.91 Å². The minimum atomic E-state index is -0.133. The van der Waals surface area contributed by atoms with Crippen molar-refractivity contribution in [2.24, 2.45) is 0 Å². The number of methoxy groups -OCH3 is 2. The number of ether oxygens (including phenoxy) is 2. The fourth-order valence-corrected chi connectivity index (χ4v) is 2.25. The molecule has 1 aromatic heterocycles. The molecule has 0 saturated carbocycles. The number of nitrogens with one attached hydrogen (secondary N) is 1. The van der Waals surface area contributed by atoms with Gasteiger partial charge < -0.3 is 14.4 Å². The Kier molecular flexibility index (Phi) is 5.26. The van der Waals surface area contributed by atoms with Crippen molar-refractivity contribution < 1.29 is 14.3 Å². The smallest absolute Gasteiger partial charge is 0.274 e. The van der Waals surface area contributed by atoms with Crippen LogP contribution in [-0.2, 0) is 6.54 Å². The predicted octanol–water partition coefficient (Wildman–Crippen LogP) is 2.82. The van der Waals surface area contributed by atoms with Gasteiger partial charge in [-0.2, -0.15) is 5.10 Å². The molecule has 0 aliphatic heterocycles. The summed E-state index contributed by atoms with van der Waals surface area (Å²) in [7, 11) is 4.95. The van der Waals surface area contributed by atoms with Crippen molar-refractivity contribution in [3.05, 3.63) is 41.2 Å². The molecule has 23 heavy (non-hydrogen) atoms. The molecule has 124 valence electrons. The highest BCUT2D eigenvalue weighted by molar-refractivity contribution is 5.92. The number of carbonyl (C=O) groups excluding carboxylic acids is 1. The summed E-state index contributed by atoms with van der Waals surface area (Å²) < 4.78 is 10.6. The third-order valence-electron chi connectivity index (χ3n) is 3.69. The van der Waals surface area contributed by atoms with Crippen molar-refractivity contribution in [3.8, 4) is 11.5 Å². The number of aromatic nitrogens is 2. The molecule has 1 amide bonds. The van der Waals surface area contributed by atoms with E-state index in [1.807, 2.05) is 26.0 Å². The zero-order valence-electron chi connectivity index (χ0n) is 14.2. The van der Waals surface area contributed by atoms with Gasteiger partial charge in [0, 0.05) is 30.9 Å². The molecule has 1 heterocycles. The van der Waals surface area contributed by atoms with Crippen molar-refractivity contribution in [2.45, 2.75) is 26.3 Å². The van der Waals surface area contributed by atoms with Gasteiger partial charge in [-0.15, -0.1) is 0 Å². The highest BCUT2D eigenvalue weighted by Crippen LogP contribution is 2.25. The minimum absolute atomic E-state index is 0.133. The van der Waals surface area contributed by atoms with Gasteiger partial charge >= 0.3 is 0 Å². The summed E-state index contributed by atoms with van der Waals surface area (Å²) in [5, 5.41) is 7.01. The molecule has 0 spiro atoms. The third-order valence-corrected chi connectivity index (χ3v) is 3.69. The Labute approximate surface area is 136 Å². The second kappa shape index (κ2) is 7.17.